The highest BCUT2D eigenvalue weighted by Gasteiger charge is 2.38. The zero-order valence-corrected chi connectivity index (χ0v) is 11.0. The van der Waals surface area contributed by atoms with Crippen molar-refractivity contribution in [1.29, 1.82) is 0 Å². The van der Waals surface area contributed by atoms with Crippen molar-refractivity contribution in [2.45, 2.75) is 11.7 Å². The van der Waals surface area contributed by atoms with Crippen molar-refractivity contribution in [3.63, 3.8) is 0 Å². The number of nitrogens with zero attached hydrogens (tertiary/aromatic N) is 1. The number of hydrogen-bond donors (Lipinski definition) is 1. The molecule has 0 aromatic heterocycles. The number of anilines is 1. The number of hydrogen-bond acceptors (Lipinski definition) is 3. The normalized spacial score (nSPS) is 20.1. The smallest absolute Gasteiger partial charge is 0.228 e. The third-order valence-electron chi connectivity index (χ3n) is 2.86. The zero-order valence-electron chi connectivity index (χ0n) is 9.44. The summed E-state index contributed by atoms with van der Waals surface area (Å²) in [6.07, 6.45) is -0.340. The quantitative estimate of drug-likeness (QED) is 0.828. The fraction of sp³-hybridized carbons (Fsp3) is 0.300. The van der Waals surface area contributed by atoms with E-state index in [1.165, 1.54) is 0 Å². The Morgan fingerprint density at radius 3 is 2.53 bits per heavy atom. The van der Waals surface area contributed by atoms with Crippen LogP contribution in [0.15, 0.2) is 12.1 Å². The summed E-state index contributed by atoms with van der Waals surface area (Å²) in [7, 11) is -3.90. The van der Waals surface area contributed by atoms with E-state index in [0.717, 1.165) is 17.0 Å². The van der Waals surface area contributed by atoms with Crippen molar-refractivity contribution in [3.05, 3.63) is 28.8 Å². The van der Waals surface area contributed by atoms with E-state index >= 15 is 0 Å². The molecule has 1 heterocycles. The average Bonchev–Trinajstić information content (AvgIpc) is 2.68. The maximum atomic E-state index is 13.8. The molecule has 5 nitrogen and oxygen atoms in total. The van der Waals surface area contributed by atoms with Gasteiger partial charge in [0.05, 0.1) is 5.69 Å². The Labute approximate surface area is 113 Å². The van der Waals surface area contributed by atoms with Gasteiger partial charge in [-0.3, -0.25) is 4.79 Å². The maximum absolute atomic E-state index is 13.8. The van der Waals surface area contributed by atoms with Gasteiger partial charge in [-0.2, -0.15) is 0 Å². The summed E-state index contributed by atoms with van der Waals surface area (Å²) < 4.78 is 49.1. The number of nitrogens with two attached hydrogens (primary N) is 1. The molecule has 1 aliphatic rings. The molecule has 1 saturated heterocycles. The Bertz CT molecular complexity index is 650. The summed E-state index contributed by atoms with van der Waals surface area (Å²) in [6, 6.07) is 1.93. The minimum atomic E-state index is -3.90. The van der Waals surface area contributed by atoms with E-state index < -0.39 is 37.8 Å². The van der Waals surface area contributed by atoms with Gasteiger partial charge >= 0.3 is 0 Å². The third kappa shape index (κ3) is 2.56. The van der Waals surface area contributed by atoms with E-state index in [-0.39, 0.29) is 18.7 Å². The minimum Gasteiger partial charge on any atom is -0.308 e. The summed E-state index contributed by atoms with van der Waals surface area (Å²) in [5.41, 5.74) is -0.262. The number of benzene rings is 1. The van der Waals surface area contributed by atoms with Crippen LogP contribution in [0, 0.1) is 11.6 Å². The monoisotopic (exact) mass is 310 g/mol. The summed E-state index contributed by atoms with van der Waals surface area (Å²) >= 11 is 5.40. The first-order valence-electron chi connectivity index (χ1n) is 5.17. The van der Waals surface area contributed by atoms with Crippen LogP contribution < -0.4 is 10.0 Å². The molecule has 1 amide bonds. The molecule has 9 heteroatoms. The molecule has 104 valence electrons. The maximum Gasteiger partial charge on any atom is 0.228 e. The number of sulfonamides is 1. The van der Waals surface area contributed by atoms with Crippen LogP contribution in [-0.2, 0) is 14.8 Å². The van der Waals surface area contributed by atoms with Crippen LogP contribution in [0.25, 0.3) is 0 Å². The largest absolute Gasteiger partial charge is 0.308 e. The minimum absolute atomic E-state index is 0.262. The molecule has 0 radical (unpaired) electrons. The molecule has 1 fully saturated rings. The van der Waals surface area contributed by atoms with Crippen LogP contribution in [0.1, 0.15) is 6.42 Å². The number of halogens is 3. The SMILES string of the molecule is NS(=O)(=O)C1CC(=O)N(c2ccc(F)c(Cl)c2F)C1. The van der Waals surface area contributed by atoms with Crippen LogP contribution in [0.2, 0.25) is 5.02 Å². The summed E-state index contributed by atoms with van der Waals surface area (Å²) in [5, 5.41) is 3.09. The van der Waals surface area contributed by atoms with Gasteiger partial charge in [-0.25, -0.2) is 22.3 Å². The summed E-state index contributed by atoms with van der Waals surface area (Å²) in [5.74, 6) is -2.68. The van der Waals surface area contributed by atoms with E-state index in [2.05, 4.69) is 0 Å². The van der Waals surface area contributed by atoms with Crippen LogP contribution >= 0.6 is 11.6 Å². The lowest BCUT2D eigenvalue weighted by Gasteiger charge is -2.17. The molecule has 0 saturated carbocycles. The Kier molecular flexibility index (Phi) is 3.50. The van der Waals surface area contributed by atoms with Gasteiger partial charge in [-0.1, -0.05) is 11.6 Å². The molecular weight excluding hydrogens is 302 g/mol. The number of amides is 1. The predicted octanol–water partition coefficient (Wildman–Crippen LogP) is 1.01. The Hall–Kier alpha value is -1.25. The van der Waals surface area contributed by atoms with Gasteiger partial charge in [-0.05, 0) is 12.1 Å². The predicted molar refractivity (Wildman–Crippen MR) is 65.2 cm³/mol. The summed E-state index contributed by atoms with van der Waals surface area (Å²) in [4.78, 5) is 12.6. The first-order chi connectivity index (χ1) is 8.71. The molecular formula is C10H9ClF2N2O3S. The van der Waals surface area contributed by atoms with E-state index in [9.17, 15) is 22.0 Å². The second kappa shape index (κ2) is 4.69. The van der Waals surface area contributed by atoms with E-state index in [0.29, 0.717) is 0 Å². The fourth-order valence-corrected chi connectivity index (χ4v) is 2.74. The van der Waals surface area contributed by atoms with E-state index in [1.54, 1.807) is 0 Å². The number of carbonyl (C=O) groups is 1. The third-order valence-corrected chi connectivity index (χ3v) is 4.45. The molecule has 1 atom stereocenters. The van der Waals surface area contributed by atoms with Crippen molar-refractivity contribution < 1.29 is 22.0 Å². The first-order valence-corrected chi connectivity index (χ1v) is 7.16. The van der Waals surface area contributed by atoms with Crippen molar-refractivity contribution in [2.75, 3.05) is 11.4 Å². The molecule has 0 spiro atoms. The number of carbonyl (C=O) groups excluding carboxylic acids is 1. The van der Waals surface area contributed by atoms with Crippen LogP contribution in [-0.4, -0.2) is 26.1 Å². The van der Waals surface area contributed by atoms with Crippen molar-refractivity contribution >= 4 is 33.2 Å². The van der Waals surface area contributed by atoms with Gasteiger partial charge in [0.25, 0.3) is 0 Å². The standard InChI is InChI=1S/C10H9ClF2N2O3S/c11-9-6(12)1-2-7(10(9)13)15-4-5(3-8(15)16)19(14,17)18/h1-2,5H,3-4H2,(H2,14,17,18). The van der Waals surface area contributed by atoms with Crippen molar-refractivity contribution in [3.8, 4) is 0 Å². The van der Waals surface area contributed by atoms with Crippen molar-refractivity contribution in [2.24, 2.45) is 5.14 Å². The Morgan fingerprint density at radius 1 is 1.37 bits per heavy atom. The molecule has 1 unspecified atom stereocenters. The molecule has 2 N–H and O–H groups in total. The van der Waals surface area contributed by atoms with Crippen LogP contribution in [0.3, 0.4) is 0 Å². The van der Waals surface area contributed by atoms with Gasteiger partial charge in [-0.15, -0.1) is 0 Å². The van der Waals surface area contributed by atoms with E-state index in [1.807, 2.05) is 0 Å². The molecule has 19 heavy (non-hydrogen) atoms. The van der Waals surface area contributed by atoms with Gasteiger partial charge in [0.2, 0.25) is 15.9 Å². The van der Waals surface area contributed by atoms with Gasteiger partial charge in [0.15, 0.2) is 5.82 Å². The highest BCUT2D eigenvalue weighted by Crippen LogP contribution is 2.31. The highest BCUT2D eigenvalue weighted by molar-refractivity contribution is 7.89. The molecule has 1 aliphatic heterocycles. The van der Waals surface area contributed by atoms with E-state index in [4.69, 9.17) is 16.7 Å². The fourth-order valence-electron chi connectivity index (χ4n) is 1.85. The first kappa shape index (κ1) is 14.2. The lowest BCUT2D eigenvalue weighted by molar-refractivity contribution is -0.117. The number of rotatable bonds is 2. The van der Waals surface area contributed by atoms with Crippen molar-refractivity contribution in [1.82, 2.24) is 0 Å². The van der Waals surface area contributed by atoms with Crippen LogP contribution in [0.4, 0.5) is 14.5 Å². The van der Waals surface area contributed by atoms with Gasteiger partial charge < -0.3 is 4.90 Å². The zero-order chi connectivity index (χ0) is 14.4. The number of primary sulfonamides is 1. The van der Waals surface area contributed by atoms with Gasteiger partial charge in [0, 0.05) is 13.0 Å². The molecule has 0 bridgehead atoms. The molecule has 0 aliphatic carbocycles. The summed E-state index contributed by atoms with van der Waals surface area (Å²) in [6.45, 7) is -0.281. The second-order valence-electron chi connectivity index (χ2n) is 4.11. The average molecular weight is 311 g/mol. The molecule has 1 aromatic carbocycles. The van der Waals surface area contributed by atoms with Crippen LogP contribution in [0.5, 0.6) is 0 Å². The lowest BCUT2D eigenvalue weighted by Crippen LogP contribution is -2.32. The Morgan fingerprint density at radius 2 is 2.00 bits per heavy atom. The topological polar surface area (TPSA) is 80.5 Å². The molecule has 1 aromatic rings. The lowest BCUT2D eigenvalue weighted by atomic mass is 10.2. The molecule has 2 rings (SSSR count). The Balaban J connectivity index is 2.39. The second-order valence-corrected chi connectivity index (χ2v) is 6.34. The van der Waals surface area contributed by atoms with Gasteiger partial charge in [0.1, 0.15) is 16.1 Å². The highest BCUT2D eigenvalue weighted by atomic mass is 35.5.